The number of Topliss-reactive ketones (excluding diaryl/α,β-unsaturated/α-hetero) is 4. The van der Waals surface area contributed by atoms with E-state index in [2.05, 4.69) is 62.8 Å². The summed E-state index contributed by atoms with van der Waals surface area (Å²) in [6.45, 7) is 6.02. The number of nitrogens with zero attached hydrogens (tertiary/aromatic N) is 2. The van der Waals surface area contributed by atoms with Crippen molar-refractivity contribution in [3.05, 3.63) is 230 Å². The molecule has 0 atom stereocenters. The molecule has 4 aromatic heterocycles. The zero-order valence-electron chi connectivity index (χ0n) is 58.3. The molecule has 544 valence electrons. The molecule has 2 aliphatic carbocycles. The molecular formula is C78H64Cl6N6O12S4. The molecule has 28 heteroatoms. The van der Waals surface area contributed by atoms with E-state index in [1.807, 2.05) is 118 Å². The highest BCUT2D eigenvalue weighted by atomic mass is 35.5. The van der Waals surface area contributed by atoms with Crippen LogP contribution in [0.2, 0.25) is 0 Å². The highest BCUT2D eigenvalue weighted by molar-refractivity contribution is 7.27. The molecule has 13 aromatic rings. The summed E-state index contributed by atoms with van der Waals surface area (Å²) in [4.78, 5) is 80.0. The number of aryl methyl sites for hydroxylation is 5. The third-order valence-electron chi connectivity index (χ3n) is 16.9. The van der Waals surface area contributed by atoms with E-state index in [-0.39, 0.29) is 38.6 Å². The lowest BCUT2D eigenvalue weighted by molar-refractivity contribution is -0.115. The number of aromatic nitrogens is 4. The van der Waals surface area contributed by atoms with Gasteiger partial charge >= 0.3 is 0 Å². The number of carbonyl (C=O) groups is 4. The first-order valence-corrected chi connectivity index (χ1v) is 37.4. The Bertz CT molecular complexity index is 5900. The average Bonchev–Trinajstić information content (AvgIpc) is 0.717. The molecule has 0 fully saturated rings. The lowest BCUT2D eigenvalue weighted by Gasteiger charge is -2.21. The van der Waals surface area contributed by atoms with Gasteiger partial charge in [0.05, 0.1) is 98.0 Å². The number of ether oxygens (including phenoxy) is 6. The fourth-order valence-electron chi connectivity index (χ4n) is 11.3. The molecular weight excluding hydrogens is 1550 g/mol. The molecule has 0 radical (unpaired) electrons. The van der Waals surface area contributed by atoms with Crippen LogP contribution in [0.3, 0.4) is 0 Å². The molecule has 5 N–H and O–H groups in total. The largest absolute Gasteiger partial charge is 0.497 e. The van der Waals surface area contributed by atoms with Crippen molar-refractivity contribution in [3.8, 4) is 34.5 Å². The zero-order valence-corrected chi connectivity index (χ0v) is 66.1. The molecule has 18 nitrogen and oxygen atoms in total. The average molecular weight is 1620 g/mol. The van der Waals surface area contributed by atoms with E-state index < -0.39 is 43.3 Å². The van der Waals surface area contributed by atoms with Gasteiger partial charge in [0.2, 0.25) is 34.0 Å². The first kappa shape index (κ1) is 77.5. The van der Waals surface area contributed by atoms with Gasteiger partial charge in [-0.05, 0) is 135 Å². The van der Waals surface area contributed by atoms with Gasteiger partial charge in [-0.3, -0.25) is 28.8 Å². The first-order valence-electron chi connectivity index (χ1n) is 31.9. The Morgan fingerprint density at radius 2 is 0.792 bits per heavy atom. The van der Waals surface area contributed by atoms with Gasteiger partial charge in [0.15, 0.2) is 11.5 Å². The second-order valence-electron chi connectivity index (χ2n) is 23.8. The summed E-state index contributed by atoms with van der Waals surface area (Å²) in [5.74, 6) is 2.29. The van der Waals surface area contributed by atoms with Crippen molar-refractivity contribution in [2.45, 2.75) is 27.2 Å². The van der Waals surface area contributed by atoms with Gasteiger partial charge in [0.25, 0.3) is 0 Å². The van der Waals surface area contributed by atoms with E-state index in [4.69, 9.17) is 104 Å². The van der Waals surface area contributed by atoms with E-state index in [0.717, 1.165) is 107 Å². The van der Waals surface area contributed by atoms with E-state index in [9.17, 15) is 28.8 Å². The maximum atomic E-state index is 13.1. The predicted octanol–water partition coefficient (Wildman–Crippen LogP) is 19.8. The number of nitrogens with one attached hydrogen (secondary N) is 3. The fraction of sp³-hybridized carbons (Fsp3) is 0.154. The number of methoxy groups -OCH3 is 6. The van der Waals surface area contributed by atoms with Crippen LogP contribution in [0.1, 0.15) is 22.3 Å². The Balaban J connectivity index is 0.000000141. The van der Waals surface area contributed by atoms with Crippen molar-refractivity contribution in [2.24, 2.45) is 14.1 Å². The smallest absolute Gasteiger partial charge is 0.222 e. The second kappa shape index (κ2) is 33.1. The summed E-state index contributed by atoms with van der Waals surface area (Å²) in [6.07, 6.45) is 0.246. The normalized spacial score (nSPS) is 13.0. The van der Waals surface area contributed by atoms with Crippen LogP contribution in [-0.2, 0) is 39.7 Å². The minimum absolute atomic E-state index is 0.0236. The Labute approximate surface area is 651 Å². The van der Waals surface area contributed by atoms with Crippen molar-refractivity contribution in [1.82, 2.24) is 19.1 Å². The van der Waals surface area contributed by atoms with Crippen LogP contribution >= 0.6 is 115 Å². The molecule has 9 aromatic carbocycles. The Hall–Kier alpha value is -9.56. The van der Waals surface area contributed by atoms with Crippen LogP contribution in [0, 0.1) is 20.8 Å². The van der Waals surface area contributed by atoms with Crippen LogP contribution in [0.15, 0.2) is 197 Å². The van der Waals surface area contributed by atoms with Crippen molar-refractivity contribution in [1.29, 1.82) is 0 Å². The number of hydrogen-bond acceptors (Lipinski definition) is 18. The highest BCUT2D eigenvalue weighted by Gasteiger charge is 2.34. The molecule has 0 saturated heterocycles. The van der Waals surface area contributed by atoms with Gasteiger partial charge < -0.3 is 58.6 Å². The van der Waals surface area contributed by atoms with Crippen LogP contribution in [0.25, 0.3) is 81.7 Å². The van der Waals surface area contributed by atoms with E-state index >= 15 is 0 Å². The van der Waals surface area contributed by atoms with Gasteiger partial charge in [-0.1, -0.05) is 123 Å². The number of hydrogen-bond donors (Lipinski definition) is 4. The van der Waals surface area contributed by atoms with Gasteiger partial charge in [-0.2, -0.15) is 0 Å². The standard InChI is InChI=1S/C24H24N2O4S2.C21H17Cl2NO3.C20H14N2O3S2.C7H9N.C6Cl4O2/c1-25-15-9-7-13(27-3)11-17(15)31-23-19(25)21(29-5)24-20(22(23)30-6)26(2)16-10-8-14(28-4)12-18(16)32-24;1-12-3-5-13(6-4-12)11-16-17(22)21(26)19(18(23)20(16)25)24-14-7-9-15(27-2)10-8-14;1-9-3-5-11-13(7-9)26-19-15(21-11)18(24)20-16(17(19)23)22-12-6-4-10(25-2)8-14(12)27-20;1-6-2-4-7(8)5-3-6;7-1-2(8)6(12)4(10)3(9)5(1)11/h7-12H,1-6H3;3-10,24H,11H2,1-2H3;3-8,21-22H,1-2H3;2-5H,8H2,1H3;. The molecule has 106 heavy (non-hydrogen) atoms. The van der Waals surface area contributed by atoms with Gasteiger partial charge in [0.1, 0.15) is 85.3 Å². The van der Waals surface area contributed by atoms with Crippen LogP contribution in [0.4, 0.5) is 11.4 Å². The van der Waals surface area contributed by atoms with Crippen molar-refractivity contribution in [3.63, 3.8) is 0 Å². The number of allylic oxidation sites excluding steroid dienone is 7. The summed E-state index contributed by atoms with van der Waals surface area (Å²) in [5, 5.41) is 1.04. The number of carbonyl (C=O) groups excluding carboxylic acids is 4. The number of benzene rings is 9. The number of fused-ring (bicyclic) bond motifs is 8. The van der Waals surface area contributed by atoms with Gasteiger partial charge in [-0.25, -0.2) is 0 Å². The number of nitrogen functional groups attached to an aromatic ring is 1. The first-order chi connectivity index (χ1) is 50.7. The maximum Gasteiger partial charge on any atom is 0.222 e. The number of rotatable bonds is 10. The summed E-state index contributed by atoms with van der Waals surface area (Å²) < 4.78 is 44.7. The highest BCUT2D eigenvalue weighted by Crippen LogP contribution is 2.49. The Morgan fingerprint density at radius 1 is 0.406 bits per heavy atom. The number of halogens is 6. The minimum Gasteiger partial charge on any atom is -0.497 e. The van der Waals surface area contributed by atoms with Crippen LogP contribution < -0.4 is 50.3 Å². The van der Waals surface area contributed by atoms with E-state index in [1.54, 1.807) is 89.6 Å². The predicted molar refractivity (Wildman–Crippen MR) is 438 cm³/mol. The van der Waals surface area contributed by atoms with E-state index in [0.29, 0.717) is 37.6 Å². The summed E-state index contributed by atoms with van der Waals surface area (Å²) in [6, 6.07) is 46.1. The molecule has 0 spiro atoms. The van der Waals surface area contributed by atoms with Crippen molar-refractivity contribution < 1.29 is 47.6 Å². The summed E-state index contributed by atoms with van der Waals surface area (Å²) in [7, 11) is 14.1. The second-order valence-corrected chi connectivity index (χ2v) is 30.3. The molecule has 0 amide bonds. The third kappa shape index (κ3) is 15.8. The molecule has 0 aliphatic heterocycles. The third-order valence-corrected chi connectivity index (χ3v) is 23.9. The molecule has 0 unspecified atom stereocenters. The Kier molecular flexibility index (Phi) is 24.2. The SMILES string of the molecule is COc1ccc(NC2=C(Cl)C(=O)C(Cc3ccc(C)cc3)=C(Cl)C2=O)cc1.COc1ccc2[nH]c3c(=O)c4sc5cc(C)ccc5[nH]c4c(=O)c3sc2c1.COc1ccc2c(c1)sc1c(OC)c3c(sc4cc(OC)ccc4n3C)c(OC)c1n2C.Cc1ccc(N)cc1.O=C1C(Cl)=C(Cl)C(=O)C(Cl)=C1Cl. The fourth-order valence-corrected chi connectivity index (χ4v) is 17.4. The van der Waals surface area contributed by atoms with Crippen molar-refractivity contribution in [2.75, 3.05) is 53.7 Å². The number of anilines is 2. The number of nitrogens with two attached hydrogens (primary N) is 1. The lowest BCUT2D eigenvalue weighted by atomic mass is 9.94. The summed E-state index contributed by atoms with van der Waals surface area (Å²) >= 11 is 40.0. The lowest BCUT2D eigenvalue weighted by Crippen LogP contribution is -2.25. The van der Waals surface area contributed by atoms with E-state index in [1.165, 1.54) is 28.2 Å². The number of H-pyrrole nitrogens is 2. The van der Waals surface area contributed by atoms with Crippen LogP contribution in [-0.4, -0.2) is 84.9 Å². The zero-order chi connectivity index (χ0) is 76.3. The number of ketones is 4. The molecule has 2 aliphatic rings. The molecule has 0 saturated carbocycles. The molecule has 0 bridgehead atoms. The summed E-state index contributed by atoms with van der Waals surface area (Å²) in [5.41, 5.74) is 17.6. The maximum absolute atomic E-state index is 13.1. The number of aromatic amines is 2. The minimum atomic E-state index is -0.729. The Morgan fingerprint density at radius 3 is 1.23 bits per heavy atom. The molecule has 4 heterocycles. The van der Waals surface area contributed by atoms with Crippen molar-refractivity contribution >= 4 is 231 Å². The van der Waals surface area contributed by atoms with Crippen LogP contribution in [0.5, 0.6) is 34.5 Å². The molecule has 15 rings (SSSR count). The topological polar surface area (TPSA) is 237 Å². The van der Waals surface area contributed by atoms with Gasteiger partial charge in [0, 0.05) is 37.5 Å². The quantitative estimate of drug-likeness (QED) is 0.0566. The monoisotopic (exact) mass is 1610 g/mol. The van der Waals surface area contributed by atoms with Gasteiger partial charge in [-0.15, -0.1) is 45.3 Å².